The van der Waals surface area contributed by atoms with E-state index >= 15 is 0 Å². The van der Waals surface area contributed by atoms with Crippen LogP contribution in [0.3, 0.4) is 0 Å². The summed E-state index contributed by atoms with van der Waals surface area (Å²) >= 11 is 0. The minimum atomic E-state index is -0.0866. The summed E-state index contributed by atoms with van der Waals surface area (Å²) in [6.45, 7) is 2.84. The van der Waals surface area contributed by atoms with E-state index in [1.165, 1.54) is 0 Å². The molecule has 2 rings (SSSR count). The number of nitrogens with one attached hydrogen (secondary N) is 1. The molecule has 1 saturated heterocycles. The van der Waals surface area contributed by atoms with Crippen LogP contribution in [0.5, 0.6) is 0 Å². The van der Waals surface area contributed by atoms with Crippen molar-refractivity contribution in [3.8, 4) is 0 Å². The number of amides is 2. The van der Waals surface area contributed by atoms with Crippen molar-refractivity contribution < 1.29 is 14.3 Å². The van der Waals surface area contributed by atoms with Gasteiger partial charge in [0.2, 0.25) is 5.91 Å². The largest absolute Gasteiger partial charge is 0.378 e. The smallest absolute Gasteiger partial charge is 0.254 e. The molecule has 0 atom stereocenters. The van der Waals surface area contributed by atoms with E-state index in [-0.39, 0.29) is 24.2 Å². The molecule has 1 aliphatic heterocycles. The molecule has 0 bridgehead atoms. The van der Waals surface area contributed by atoms with Crippen molar-refractivity contribution in [3.05, 3.63) is 29.8 Å². The first-order valence-corrected chi connectivity index (χ1v) is 7.17. The first-order chi connectivity index (χ1) is 10.2. The fourth-order valence-electron chi connectivity index (χ4n) is 2.17. The van der Waals surface area contributed by atoms with Gasteiger partial charge in [-0.3, -0.25) is 9.59 Å². The number of carbonyl (C=O) groups is 2. The van der Waals surface area contributed by atoms with Gasteiger partial charge in [0, 0.05) is 30.8 Å². The number of ether oxygens (including phenoxy) is 1. The van der Waals surface area contributed by atoms with Crippen LogP contribution in [-0.2, 0) is 9.53 Å². The molecule has 1 fully saturated rings. The molecule has 0 aromatic heterocycles. The minimum Gasteiger partial charge on any atom is -0.378 e. The quantitative estimate of drug-likeness (QED) is 0.852. The van der Waals surface area contributed by atoms with Gasteiger partial charge in [0.05, 0.1) is 13.2 Å². The third-order valence-corrected chi connectivity index (χ3v) is 3.30. The highest BCUT2D eigenvalue weighted by Gasteiger charge is 2.18. The summed E-state index contributed by atoms with van der Waals surface area (Å²) < 4.78 is 5.24. The van der Waals surface area contributed by atoms with E-state index in [1.807, 2.05) is 0 Å². The zero-order valence-corrected chi connectivity index (χ0v) is 13.2. The molecule has 7 heteroatoms. The number of morpholine rings is 1. The number of nitrogens with two attached hydrogens (primary N) is 1. The summed E-state index contributed by atoms with van der Waals surface area (Å²) in [6, 6.07) is 7.01. The highest BCUT2D eigenvalue weighted by Crippen LogP contribution is 2.14. The van der Waals surface area contributed by atoms with Crippen molar-refractivity contribution in [2.24, 2.45) is 5.73 Å². The number of rotatable bonds is 5. The molecular formula is C15H22ClN3O3. The number of hydrogen-bond donors (Lipinski definition) is 2. The Morgan fingerprint density at radius 2 is 2.00 bits per heavy atom. The Morgan fingerprint density at radius 1 is 1.27 bits per heavy atom. The maximum absolute atomic E-state index is 12.4. The van der Waals surface area contributed by atoms with Crippen LogP contribution in [0.15, 0.2) is 24.3 Å². The average molecular weight is 328 g/mol. The lowest BCUT2D eigenvalue weighted by atomic mass is 10.1. The van der Waals surface area contributed by atoms with Crippen LogP contribution >= 0.6 is 12.4 Å². The number of nitrogens with zero attached hydrogens (tertiary/aromatic N) is 1. The molecule has 6 nitrogen and oxygen atoms in total. The fourth-order valence-corrected chi connectivity index (χ4v) is 2.17. The van der Waals surface area contributed by atoms with E-state index in [0.29, 0.717) is 56.9 Å². The van der Waals surface area contributed by atoms with Gasteiger partial charge in [-0.1, -0.05) is 6.07 Å². The Kier molecular flexibility index (Phi) is 7.87. The van der Waals surface area contributed by atoms with Crippen molar-refractivity contribution in [1.82, 2.24) is 4.90 Å². The van der Waals surface area contributed by atoms with Gasteiger partial charge in [-0.25, -0.2) is 0 Å². The van der Waals surface area contributed by atoms with Crippen LogP contribution in [0.1, 0.15) is 23.2 Å². The van der Waals surface area contributed by atoms with E-state index in [1.54, 1.807) is 29.2 Å². The molecule has 1 aliphatic rings. The van der Waals surface area contributed by atoms with E-state index in [2.05, 4.69) is 5.32 Å². The number of carbonyl (C=O) groups excluding carboxylic acids is 2. The molecule has 0 aliphatic carbocycles. The second kappa shape index (κ2) is 9.40. The van der Waals surface area contributed by atoms with Crippen LogP contribution in [-0.4, -0.2) is 49.6 Å². The maximum Gasteiger partial charge on any atom is 0.254 e. The Morgan fingerprint density at radius 3 is 2.68 bits per heavy atom. The summed E-state index contributed by atoms with van der Waals surface area (Å²) in [6.07, 6.45) is 1.04. The van der Waals surface area contributed by atoms with E-state index in [4.69, 9.17) is 10.5 Å². The Balaban J connectivity index is 0.00000242. The van der Waals surface area contributed by atoms with Gasteiger partial charge in [-0.2, -0.15) is 0 Å². The number of anilines is 1. The van der Waals surface area contributed by atoms with Crippen molar-refractivity contribution in [2.45, 2.75) is 12.8 Å². The Hall–Kier alpha value is -1.63. The van der Waals surface area contributed by atoms with Gasteiger partial charge < -0.3 is 20.7 Å². The van der Waals surface area contributed by atoms with Gasteiger partial charge in [-0.05, 0) is 31.2 Å². The predicted octanol–water partition coefficient (Wildman–Crippen LogP) is 1.26. The van der Waals surface area contributed by atoms with Gasteiger partial charge in [0.1, 0.15) is 0 Å². The van der Waals surface area contributed by atoms with Gasteiger partial charge >= 0.3 is 0 Å². The monoisotopic (exact) mass is 327 g/mol. The molecule has 1 aromatic rings. The molecule has 0 saturated carbocycles. The SMILES string of the molecule is Cl.NCCCC(=O)Nc1cccc(C(=O)N2CCOCC2)c1. The van der Waals surface area contributed by atoms with Crippen LogP contribution in [0.2, 0.25) is 0 Å². The first-order valence-electron chi connectivity index (χ1n) is 7.17. The lowest BCUT2D eigenvalue weighted by Gasteiger charge is -2.27. The third kappa shape index (κ3) is 5.29. The highest BCUT2D eigenvalue weighted by molar-refractivity contribution is 5.97. The van der Waals surface area contributed by atoms with Gasteiger partial charge in [-0.15, -0.1) is 12.4 Å². The zero-order valence-electron chi connectivity index (χ0n) is 12.4. The molecule has 3 N–H and O–H groups in total. The second-order valence-corrected chi connectivity index (χ2v) is 4.93. The second-order valence-electron chi connectivity index (χ2n) is 4.93. The van der Waals surface area contributed by atoms with Crippen molar-refractivity contribution in [2.75, 3.05) is 38.2 Å². The van der Waals surface area contributed by atoms with Gasteiger partial charge in [0.15, 0.2) is 0 Å². The Labute approximate surface area is 136 Å². The zero-order chi connectivity index (χ0) is 15.1. The summed E-state index contributed by atoms with van der Waals surface area (Å²) in [4.78, 5) is 25.8. The highest BCUT2D eigenvalue weighted by atomic mass is 35.5. The molecule has 1 aromatic carbocycles. The normalized spacial score (nSPS) is 14.1. The molecule has 0 radical (unpaired) electrons. The number of halogens is 1. The molecule has 122 valence electrons. The predicted molar refractivity (Wildman–Crippen MR) is 87.3 cm³/mol. The maximum atomic E-state index is 12.4. The topological polar surface area (TPSA) is 84.7 Å². The summed E-state index contributed by atoms with van der Waals surface area (Å²) in [5.74, 6) is -0.118. The van der Waals surface area contributed by atoms with Crippen LogP contribution in [0.25, 0.3) is 0 Å². The van der Waals surface area contributed by atoms with Crippen molar-refractivity contribution in [1.29, 1.82) is 0 Å². The van der Waals surface area contributed by atoms with E-state index in [0.717, 1.165) is 0 Å². The van der Waals surface area contributed by atoms with E-state index in [9.17, 15) is 9.59 Å². The van der Waals surface area contributed by atoms with Crippen LogP contribution < -0.4 is 11.1 Å². The van der Waals surface area contributed by atoms with Crippen LogP contribution in [0.4, 0.5) is 5.69 Å². The third-order valence-electron chi connectivity index (χ3n) is 3.30. The molecule has 0 unspecified atom stereocenters. The Bertz CT molecular complexity index is 505. The number of benzene rings is 1. The summed E-state index contributed by atoms with van der Waals surface area (Å²) in [5.41, 5.74) is 6.59. The van der Waals surface area contributed by atoms with Gasteiger partial charge in [0.25, 0.3) is 5.91 Å². The standard InChI is InChI=1S/C15H21N3O3.ClH/c16-6-2-5-14(19)17-13-4-1-3-12(11-13)15(20)18-7-9-21-10-8-18;/h1,3-4,11H,2,5-10,16H2,(H,17,19);1H. The average Bonchev–Trinajstić information content (AvgIpc) is 2.53. The molecule has 22 heavy (non-hydrogen) atoms. The minimum absolute atomic E-state index is 0. The lowest BCUT2D eigenvalue weighted by molar-refractivity contribution is -0.116. The molecule has 1 heterocycles. The fraction of sp³-hybridized carbons (Fsp3) is 0.467. The first kappa shape index (κ1) is 18.4. The van der Waals surface area contributed by atoms with Crippen LogP contribution in [0, 0.1) is 0 Å². The molecule has 0 spiro atoms. The molecule has 2 amide bonds. The van der Waals surface area contributed by atoms with Crippen molar-refractivity contribution in [3.63, 3.8) is 0 Å². The van der Waals surface area contributed by atoms with Crippen molar-refractivity contribution >= 4 is 29.9 Å². The number of hydrogen-bond acceptors (Lipinski definition) is 4. The summed E-state index contributed by atoms with van der Waals surface area (Å²) in [5, 5.41) is 2.78. The summed E-state index contributed by atoms with van der Waals surface area (Å²) in [7, 11) is 0. The lowest BCUT2D eigenvalue weighted by Crippen LogP contribution is -2.40. The molecular weight excluding hydrogens is 306 g/mol. The van der Waals surface area contributed by atoms with E-state index < -0.39 is 0 Å².